The zero-order chi connectivity index (χ0) is 15.6. The first-order valence-corrected chi connectivity index (χ1v) is 7.94. The quantitative estimate of drug-likeness (QED) is 0.552. The third kappa shape index (κ3) is 2.98. The van der Waals surface area contributed by atoms with Crippen molar-refractivity contribution >= 4 is 32.8 Å². The number of pyridine rings is 1. The number of nitrogens with one attached hydrogen (secondary N) is 2. The summed E-state index contributed by atoms with van der Waals surface area (Å²) in [6, 6.07) is 12.0. The molecule has 0 aliphatic rings. The number of aromatic nitrogens is 3. The van der Waals surface area contributed by atoms with Gasteiger partial charge in [0.1, 0.15) is 11.3 Å². The number of benzene rings is 1. The second-order valence-corrected chi connectivity index (χ2v) is 6.08. The van der Waals surface area contributed by atoms with E-state index in [9.17, 15) is 0 Å². The fraction of sp³-hybridized carbons (Fsp3) is 0.0588. The number of hydrogen-bond donors (Lipinski definition) is 2. The molecule has 0 aliphatic heterocycles. The number of nitrogens with zero attached hydrogens (tertiary/aromatic N) is 2. The fourth-order valence-electron chi connectivity index (χ4n) is 2.35. The summed E-state index contributed by atoms with van der Waals surface area (Å²) in [6.07, 6.45) is 5.17. The van der Waals surface area contributed by atoms with Gasteiger partial charge in [-0.2, -0.15) is 0 Å². The molecular weight excluding hydrogens is 356 g/mol. The van der Waals surface area contributed by atoms with E-state index in [1.165, 1.54) is 0 Å². The summed E-state index contributed by atoms with van der Waals surface area (Å²) in [6.45, 7) is 0.735. The van der Waals surface area contributed by atoms with Crippen LogP contribution in [0.5, 0.6) is 0 Å². The van der Waals surface area contributed by atoms with E-state index in [4.69, 9.17) is 4.42 Å². The lowest BCUT2D eigenvalue weighted by Crippen LogP contribution is -1.97. The van der Waals surface area contributed by atoms with Crippen LogP contribution in [0.2, 0.25) is 0 Å². The zero-order valence-electron chi connectivity index (χ0n) is 12.1. The molecule has 1 aromatic carbocycles. The predicted octanol–water partition coefficient (Wildman–Crippen LogP) is 4.59. The highest BCUT2D eigenvalue weighted by molar-refractivity contribution is 9.10. The minimum absolute atomic E-state index is 0.735. The van der Waals surface area contributed by atoms with Gasteiger partial charge in [-0.3, -0.25) is 0 Å². The maximum Gasteiger partial charge on any atom is 0.157 e. The minimum Gasteiger partial charge on any atom is -0.472 e. The Morgan fingerprint density at radius 1 is 1.17 bits per heavy atom. The van der Waals surface area contributed by atoms with Gasteiger partial charge < -0.3 is 14.7 Å². The average Bonchev–Trinajstić information content (AvgIpc) is 3.22. The Balaban J connectivity index is 1.54. The molecule has 0 saturated carbocycles. The molecule has 3 aromatic heterocycles. The lowest BCUT2D eigenvalue weighted by Gasteiger charge is -2.05. The molecule has 3 heterocycles. The Kier molecular flexibility index (Phi) is 3.59. The van der Waals surface area contributed by atoms with E-state index in [0.717, 1.165) is 44.8 Å². The SMILES string of the molecule is Brc1cnc2[nH]c(-c3ccc(NCc4ccoc4)cc3)nc2c1. The Hall–Kier alpha value is -2.60. The topological polar surface area (TPSA) is 66.7 Å². The van der Waals surface area contributed by atoms with Crippen molar-refractivity contribution in [2.75, 3.05) is 5.32 Å². The lowest BCUT2D eigenvalue weighted by molar-refractivity contribution is 0.564. The smallest absolute Gasteiger partial charge is 0.157 e. The Morgan fingerprint density at radius 2 is 2.04 bits per heavy atom. The molecule has 0 unspecified atom stereocenters. The lowest BCUT2D eigenvalue weighted by atomic mass is 10.2. The first-order chi connectivity index (χ1) is 11.3. The second-order valence-electron chi connectivity index (χ2n) is 5.17. The van der Waals surface area contributed by atoms with Gasteiger partial charge in [-0.15, -0.1) is 0 Å². The molecule has 0 atom stereocenters. The summed E-state index contributed by atoms with van der Waals surface area (Å²) in [7, 11) is 0. The van der Waals surface area contributed by atoms with Crippen LogP contribution >= 0.6 is 15.9 Å². The van der Waals surface area contributed by atoms with Crippen molar-refractivity contribution in [3.8, 4) is 11.4 Å². The molecule has 2 N–H and O–H groups in total. The maximum atomic E-state index is 5.06. The molecular formula is C17H13BrN4O. The van der Waals surface area contributed by atoms with Crippen molar-refractivity contribution in [3.05, 3.63) is 65.2 Å². The van der Waals surface area contributed by atoms with Gasteiger partial charge >= 0.3 is 0 Å². The van der Waals surface area contributed by atoms with Gasteiger partial charge in [0.05, 0.1) is 12.5 Å². The molecule has 0 amide bonds. The molecule has 6 heteroatoms. The van der Waals surface area contributed by atoms with Gasteiger partial charge in [0.2, 0.25) is 0 Å². The van der Waals surface area contributed by atoms with Crippen LogP contribution in [0, 0.1) is 0 Å². The van der Waals surface area contributed by atoms with E-state index in [2.05, 4.69) is 36.2 Å². The minimum atomic E-state index is 0.735. The molecule has 0 spiro atoms. The number of halogens is 1. The number of furan rings is 1. The van der Waals surface area contributed by atoms with Gasteiger partial charge in [-0.25, -0.2) is 9.97 Å². The van der Waals surface area contributed by atoms with Crippen molar-refractivity contribution < 1.29 is 4.42 Å². The van der Waals surface area contributed by atoms with Gasteiger partial charge in [0.15, 0.2) is 5.65 Å². The highest BCUT2D eigenvalue weighted by atomic mass is 79.9. The van der Waals surface area contributed by atoms with Gasteiger partial charge in [0, 0.05) is 34.0 Å². The normalized spacial score (nSPS) is 11.0. The number of fused-ring (bicyclic) bond motifs is 1. The summed E-state index contributed by atoms with van der Waals surface area (Å²) >= 11 is 3.41. The second kappa shape index (κ2) is 5.89. The highest BCUT2D eigenvalue weighted by Gasteiger charge is 2.06. The van der Waals surface area contributed by atoms with E-state index in [1.807, 2.05) is 36.4 Å². The molecule has 114 valence electrons. The molecule has 0 radical (unpaired) electrons. The van der Waals surface area contributed by atoms with Gasteiger partial charge in [-0.05, 0) is 52.3 Å². The third-order valence-electron chi connectivity index (χ3n) is 3.54. The van der Waals surface area contributed by atoms with Crippen molar-refractivity contribution in [2.45, 2.75) is 6.54 Å². The van der Waals surface area contributed by atoms with E-state index in [1.54, 1.807) is 18.7 Å². The number of hydrogen-bond acceptors (Lipinski definition) is 4. The number of H-pyrrole nitrogens is 1. The standard InChI is InChI=1S/C17H13BrN4O/c18-13-7-15-17(20-9-13)22-16(21-15)12-1-3-14(4-2-12)19-8-11-5-6-23-10-11/h1-7,9-10,19H,8H2,(H,20,21,22). The Labute approximate surface area is 140 Å². The molecule has 0 bridgehead atoms. The first kappa shape index (κ1) is 14.0. The van der Waals surface area contributed by atoms with Gasteiger partial charge in [-0.1, -0.05) is 0 Å². The molecule has 23 heavy (non-hydrogen) atoms. The average molecular weight is 369 g/mol. The van der Waals surface area contributed by atoms with Crippen LogP contribution in [-0.4, -0.2) is 15.0 Å². The number of imidazole rings is 1. The number of rotatable bonds is 4. The van der Waals surface area contributed by atoms with Gasteiger partial charge in [0.25, 0.3) is 0 Å². The van der Waals surface area contributed by atoms with Crippen molar-refractivity contribution in [2.24, 2.45) is 0 Å². The van der Waals surface area contributed by atoms with E-state index in [0.29, 0.717) is 0 Å². The van der Waals surface area contributed by atoms with Crippen LogP contribution in [0.1, 0.15) is 5.56 Å². The summed E-state index contributed by atoms with van der Waals surface area (Å²) in [5.74, 6) is 0.812. The molecule has 0 aliphatic carbocycles. The molecule has 0 saturated heterocycles. The van der Waals surface area contributed by atoms with Crippen LogP contribution in [-0.2, 0) is 6.54 Å². The molecule has 0 fully saturated rings. The summed E-state index contributed by atoms with van der Waals surface area (Å²) in [5, 5.41) is 3.35. The van der Waals surface area contributed by atoms with Crippen molar-refractivity contribution in [1.29, 1.82) is 0 Å². The number of anilines is 1. The van der Waals surface area contributed by atoms with Crippen LogP contribution in [0.25, 0.3) is 22.6 Å². The fourth-order valence-corrected chi connectivity index (χ4v) is 2.67. The summed E-state index contributed by atoms with van der Waals surface area (Å²) in [4.78, 5) is 12.1. The highest BCUT2D eigenvalue weighted by Crippen LogP contribution is 2.23. The predicted molar refractivity (Wildman–Crippen MR) is 93.1 cm³/mol. The van der Waals surface area contributed by atoms with Crippen molar-refractivity contribution in [1.82, 2.24) is 15.0 Å². The largest absolute Gasteiger partial charge is 0.472 e. The first-order valence-electron chi connectivity index (χ1n) is 7.14. The monoisotopic (exact) mass is 368 g/mol. The van der Waals surface area contributed by atoms with E-state index in [-0.39, 0.29) is 0 Å². The third-order valence-corrected chi connectivity index (χ3v) is 3.97. The zero-order valence-corrected chi connectivity index (χ0v) is 13.7. The Morgan fingerprint density at radius 3 is 2.83 bits per heavy atom. The molecule has 5 nitrogen and oxygen atoms in total. The van der Waals surface area contributed by atoms with Crippen molar-refractivity contribution in [3.63, 3.8) is 0 Å². The van der Waals surface area contributed by atoms with E-state index < -0.39 is 0 Å². The van der Waals surface area contributed by atoms with Crippen LogP contribution in [0.15, 0.2) is 64.0 Å². The van der Waals surface area contributed by atoms with Crippen LogP contribution < -0.4 is 5.32 Å². The van der Waals surface area contributed by atoms with Crippen LogP contribution in [0.4, 0.5) is 5.69 Å². The van der Waals surface area contributed by atoms with E-state index >= 15 is 0 Å². The summed E-state index contributed by atoms with van der Waals surface area (Å²) in [5.41, 5.74) is 4.81. The number of aromatic amines is 1. The summed E-state index contributed by atoms with van der Waals surface area (Å²) < 4.78 is 5.97. The Bertz CT molecular complexity index is 929. The van der Waals surface area contributed by atoms with Crippen LogP contribution in [0.3, 0.4) is 0 Å². The molecule has 4 aromatic rings. The molecule has 4 rings (SSSR count). The maximum absolute atomic E-state index is 5.06.